The van der Waals surface area contributed by atoms with Crippen molar-refractivity contribution in [2.75, 3.05) is 32.8 Å². The minimum atomic E-state index is -3.64. The summed E-state index contributed by atoms with van der Waals surface area (Å²) in [6.45, 7) is 2.89. The fourth-order valence-electron chi connectivity index (χ4n) is 2.88. The highest BCUT2D eigenvalue weighted by Gasteiger charge is 2.29. The van der Waals surface area contributed by atoms with Crippen LogP contribution >= 0.6 is 0 Å². The molecule has 3 heterocycles. The van der Waals surface area contributed by atoms with Gasteiger partial charge < -0.3 is 14.5 Å². The van der Waals surface area contributed by atoms with E-state index >= 15 is 0 Å². The zero-order chi connectivity index (χ0) is 16.3. The van der Waals surface area contributed by atoms with Crippen molar-refractivity contribution in [3.63, 3.8) is 0 Å². The first kappa shape index (κ1) is 16.5. The summed E-state index contributed by atoms with van der Waals surface area (Å²) in [4.78, 5) is 12.1. The molecule has 0 spiro atoms. The van der Waals surface area contributed by atoms with Crippen LogP contribution in [-0.4, -0.2) is 51.5 Å². The number of carbonyl (C=O) groups excluding carboxylic acids is 1. The number of carbonyl (C=O) groups is 1. The van der Waals surface area contributed by atoms with E-state index in [1.165, 1.54) is 16.4 Å². The monoisotopic (exact) mass is 342 g/mol. The van der Waals surface area contributed by atoms with Gasteiger partial charge in [0.1, 0.15) is 0 Å². The molecule has 8 heteroatoms. The van der Waals surface area contributed by atoms with E-state index in [0.717, 1.165) is 32.3 Å². The van der Waals surface area contributed by atoms with Crippen LogP contribution in [0, 0.1) is 5.92 Å². The van der Waals surface area contributed by atoms with Gasteiger partial charge in [0, 0.05) is 32.2 Å². The number of amides is 1. The molecule has 0 bridgehead atoms. The summed E-state index contributed by atoms with van der Waals surface area (Å²) in [5, 5.41) is 2.61. The minimum Gasteiger partial charge on any atom is -0.438 e. The van der Waals surface area contributed by atoms with E-state index in [9.17, 15) is 13.2 Å². The number of hydrogen-bond donors (Lipinski definition) is 1. The van der Waals surface area contributed by atoms with Gasteiger partial charge in [0.05, 0.1) is 6.61 Å². The topological polar surface area (TPSA) is 88.8 Å². The Hall–Kier alpha value is -1.38. The Morgan fingerprint density at radius 2 is 2.04 bits per heavy atom. The summed E-state index contributed by atoms with van der Waals surface area (Å²) in [6, 6.07) is 2.77. The molecular weight excluding hydrogens is 320 g/mol. The number of rotatable bonds is 5. The van der Waals surface area contributed by atoms with Crippen molar-refractivity contribution in [3.8, 4) is 0 Å². The molecule has 0 radical (unpaired) electrons. The summed E-state index contributed by atoms with van der Waals surface area (Å²) >= 11 is 0. The van der Waals surface area contributed by atoms with E-state index in [0.29, 0.717) is 32.2 Å². The fraction of sp³-hybridized carbons (Fsp3) is 0.667. The average molecular weight is 342 g/mol. The first-order valence-corrected chi connectivity index (χ1v) is 9.47. The quantitative estimate of drug-likeness (QED) is 0.869. The normalized spacial score (nSPS) is 23.0. The van der Waals surface area contributed by atoms with E-state index in [-0.39, 0.29) is 10.9 Å². The molecule has 23 heavy (non-hydrogen) atoms. The van der Waals surface area contributed by atoms with Crippen molar-refractivity contribution in [2.24, 2.45) is 5.92 Å². The Labute approximate surface area is 136 Å². The maximum atomic E-state index is 12.5. The van der Waals surface area contributed by atoms with Crippen LogP contribution in [0.1, 0.15) is 36.2 Å². The molecule has 2 aliphatic rings. The molecule has 1 unspecified atom stereocenters. The largest absolute Gasteiger partial charge is 0.438 e. The summed E-state index contributed by atoms with van der Waals surface area (Å²) < 4.78 is 36.9. The van der Waals surface area contributed by atoms with Gasteiger partial charge >= 0.3 is 0 Å². The Morgan fingerprint density at radius 1 is 1.26 bits per heavy atom. The predicted molar refractivity (Wildman–Crippen MR) is 82.6 cm³/mol. The van der Waals surface area contributed by atoms with Crippen LogP contribution in [0.5, 0.6) is 0 Å². The number of nitrogens with one attached hydrogen (secondary N) is 1. The Bertz CT molecular complexity index is 643. The molecule has 0 aromatic carbocycles. The van der Waals surface area contributed by atoms with Crippen LogP contribution in [0.15, 0.2) is 21.6 Å². The molecule has 0 saturated carbocycles. The second kappa shape index (κ2) is 7.02. The van der Waals surface area contributed by atoms with Crippen molar-refractivity contribution in [2.45, 2.75) is 30.8 Å². The van der Waals surface area contributed by atoms with Crippen LogP contribution in [-0.2, 0) is 14.8 Å². The van der Waals surface area contributed by atoms with Gasteiger partial charge in [0.25, 0.3) is 15.9 Å². The molecule has 1 aromatic heterocycles. The van der Waals surface area contributed by atoms with Gasteiger partial charge in [-0.1, -0.05) is 6.42 Å². The van der Waals surface area contributed by atoms with E-state index in [4.69, 9.17) is 9.15 Å². The van der Waals surface area contributed by atoms with Crippen LogP contribution in [0.25, 0.3) is 0 Å². The van der Waals surface area contributed by atoms with Crippen molar-refractivity contribution in [1.29, 1.82) is 0 Å². The third-order valence-electron chi connectivity index (χ3n) is 4.29. The molecule has 1 atom stereocenters. The van der Waals surface area contributed by atoms with Crippen molar-refractivity contribution < 1.29 is 22.4 Å². The molecule has 0 aliphatic carbocycles. The van der Waals surface area contributed by atoms with Gasteiger partial charge in [-0.15, -0.1) is 0 Å². The van der Waals surface area contributed by atoms with Crippen molar-refractivity contribution in [1.82, 2.24) is 9.62 Å². The Balaban J connectivity index is 1.63. The van der Waals surface area contributed by atoms with Gasteiger partial charge in [0.2, 0.25) is 5.09 Å². The van der Waals surface area contributed by atoms with Crippen molar-refractivity contribution in [3.05, 3.63) is 17.9 Å². The van der Waals surface area contributed by atoms with Crippen LogP contribution in [0.3, 0.4) is 0 Å². The van der Waals surface area contributed by atoms with E-state index < -0.39 is 15.9 Å². The molecule has 1 N–H and O–H groups in total. The number of nitrogens with zero attached hydrogens (tertiary/aromatic N) is 1. The molecule has 2 aliphatic heterocycles. The number of furan rings is 1. The van der Waals surface area contributed by atoms with E-state index in [1.54, 1.807) is 0 Å². The molecule has 3 rings (SSSR count). The standard InChI is InChI=1S/C15H22N2O5S/c18-15(16-10-12-6-9-21-11-12)13-4-5-14(22-13)23(19,20)17-7-2-1-3-8-17/h4-5,12H,1-3,6-11H2,(H,16,18). The minimum absolute atomic E-state index is 0.0273. The summed E-state index contributed by atoms with van der Waals surface area (Å²) in [5.41, 5.74) is 0. The first-order chi connectivity index (χ1) is 11.1. The first-order valence-electron chi connectivity index (χ1n) is 8.03. The Kier molecular flexibility index (Phi) is 5.03. The lowest BCUT2D eigenvalue weighted by Gasteiger charge is -2.24. The lowest BCUT2D eigenvalue weighted by atomic mass is 10.1. The summed E-state index contributed by atoms with van der Waals surface area (Å²) in [7, 11) is -3.64. The lowest BCUT2D eigenvalue weighted by Crippen LogP contribution is -2.35. The van der Waals surface area contributed by atoms with Crippen LogP contribution in [0.2, 0.25) is 0 Å². The van der Waals surface area contributed by atoms with Crippen LogP contribution in [0.4, 0.5) is 0 Å². The van der Waals surface area contributed by atoms with Gasteiger partial charge in [-0.05, 0) is 31.4 Å². The molecule has 2 fully saturated rings. The van der Waals surface area contributed by atoms with Gasteiger partial charge in [-0.2, -0.15) is 4.31 Å². The molecule has 7 nitrogen and oxygen atoms in total. The zero-order valence-electron chi connectivity index (χ0n) is 13.0. The highest BCUT2D eigenvalue weighted by atomic mass is 32.2. The zero-order valence-corrected chi connectivity index (χ0v) is 13.8. The number of hydrogen-bond acceptors (Lipinski definition) is 5. The second-order valence-electron chi connectivity index (χ2n) is 6.02. The SMILES string of the molecule is O=C(NCC1CCOC1)c1ccc(S(=O)(=O)N2CCCCC2)o1. The fourth-order valence-corrected chi connectivity index (χ4v) is 4.31. The number of sulfonamides is 1. The summed E-state index contributed by atoms with van der Waals surface area (Å²) in [5.74, 6) is -0.0537. The maximum absolute atomic E-state index is 12.5. The van der Waals surface area contributed by atoms with Gasteiger partial charge in [0.15, 0.2) is 5.76 Å². The molecule has 128 valence electrons. The molecule has 1 amide bonds. The summed E-state index contributed by atoms with van der Waals surface area (Å²) in [6.07, 6.45) is 3.68. The molecule has 2 saturated heterocycles. The number of piperidine rings is 1. The highest BCUT2D eigenvalue weighted by molar-refractivity contribution is 7.89. The highest BCUT2D eigenvalue weighted by Crippen LogP contribution is 2.22. The lowest BCUT2D eigenvalue weighted by molar-refractivity contribution is 0.0911. The van der Waals surface area contributed by atoms with Crippen LogP contribution < -0.4 is 5.32 Å². The second-order valence-corrected chi connectivity index (χ2v) is 7.89. The third kappa shape index (κ3) is 3.76. The van der Waals surface area contributed by atoms with E-state index in [2.05, 4.69) is 5.32 Å². The Morgan fingerprint density at radius 3 is 2.74 bits per heavy atom. The third-order valence-corrected chi connectivity index (χ3v) is 6.06. The molecular formula is C15H22N2O5S. The van der Waals surface area contributed by atoms with E-state index in [1.807, 2.05) is 0 Å². The predicted octanol–water partition coefficient (Wildman–Crippen LogP) is 1.22. The average Bonchev–Trinajstić information content (AvgIpc) is 3.25. The molecule has 1 aromatic rings. The smallest absolute Gasteiger partial charge is 0.287 e. The maximum Gasteiger partial charge on any atom is 0.287 e. The number of ether oxygens (including phenoxy) is 1. The van der Waals surface area contributed by atoms with Gasteiger partial charge in [-0.25, -0.2) is 8.42 Å². The van der Waals surface area contributed by atoms with Gasteiger partial charge in [-0.3, -0.25) is 4.79 Å². The van der Waals surface area contributed by atoms with Crippen molar-refractivity contribution >= 4 is 15.9 Å².